The summed E-state index contributed by atoms with van der Waals surface area (Å²) in [5.41, 5.74) is 0.704. The van der Waals surface area contributed by atoms with Gasteiger partial charge in [0.1, 0.15) is 0 Å². The van der Waals surface area contributed by atoms with Gasteiger partial charge in [-0.1, -0.05) is 11.6 Å². The average molecular weight is 244 g/mol. The molecule has 90 valence electrons. The lowest BCUT2D eigenvalue weighted by Crippen LogP contribution is -2.52. The second kappa shape index (κ2) is 4.35. The van der Waals surface area contributed by atoms with Crippen LogP contribution in [0.2, 0.25) is 5.02 Å². The number of nitrogens with one attached hydrogen (secondary N) is 1. The molecule has 0 amide bonds. The Morgan fingerprint density at radius 3 is 2.75 bits per heavy atom. The van der Waals surface area contributed by atoms with Gasteiger partial charge in [-0.05, 0) is 32.7 Å². The highest BCUT2D eigenvalue weighted by Crippen LogP contribution is 2.40. The molecule has 5 heteroatoms. The van der Waals surface area contributed by atoms with Crippen LogP contribution in [-0.2, 0) is 6.54 Å². The van der Waals surface area contributed by atoms with Crippen molar-refractivity contribution < 1.29 is 5.11 Å². The van der Waals surface area contributed by atoms with Gasteiger partial charge in [0.15, 0.2) is 0 Å². The van der Waals surface area contributed by atoms with Gasteiger partial charge in [0, 0.05) is 0 Å². The smallest absolute Gasteiger partial charge is 0.0814 e. The molecule has 2 rings (SSSR count). The minimum absolute atomic E-state index is 0.130. The van der Waals surface area contributed by atoms with Crippen molar-refractivity contribution in [3.05, 3.63) is 16.9 Å². The van der Waals surface area contributed by atoms with Gasteiger partial charge in [-0.15, -0.1) is 0 Å². The maximum atomic E-state index is 9.61. The molecular formula is C11H18ClN3O. The van der Waals surface area contributed by atoms with Crippen molar-refractivity contribution in [3.63, 3.8) is 0 Å². The van der Waals surface area contributed by atoms with E-state index in [1.54, 1.807) is 6.20 Å². The van der Waals surface area contributed by atoms with E-state index in [-0.39, 0.29) is 12.1 Å². The summed E-state index contributed by atoms with van der Waals surface area (Å²) < 4.78 is 1.87. The molecule has 0 spiro atoms. The summed E-state index contributed by atoms with van der Waals surface area (Å²) in [5.74, 6) is 0.546. The molecule has 1 atom stereocenters. The number of likely N-dealkylation sites (N-methyl/N-ethyl adjacent to an activating group) is 1. The number of hydrogen-bond acceptors (Lipinski definition) is 3. The Bertz CT molecular complexity index is 369. The highest BCUT2D eigenvalue weighted by atomic mass is 35.5. The summed E-state index contributed by atoms with van der Waals surface area (Å²) in [4.78, 5) is 0. The first-order valence-corrected chi connectivity index (χ1v) is 5.98. The molecule has 0 aliphatic heterocycles. The Morgan fingerprint density at radius 2 is 2.38 bits per heavy atom. The zero-order chi connectivity index (χ0) is 11.8. The summed E-state index contributed by atoms with van der Waals surface area (Å²) in [6, 6.07) is 0. The van der Waals surface area contributed by atoms with Gasteiger partial charge in [0.25, 0.3) is 0 Å². The van der Waals surface area contributed by atoms with E-state index in [0.717, 1.165) is 5.69 Å². The van der Waals surface area contributed by atoms with Crippen LogP contribution < -0.4 is 5.32 Å². The van der Waals surface area contributed by atoms with Crippen LogP contribution in [0.15, 0.2) is 6.20 Å². The van der Waals surface area contributed by atoms with Crippen LogP contribution in [0.3, 0.4) is 0 Å². The summed E-state index contributed by atoms with van der Waals surface area (Å²) in [6.45, 7) is 2.74. The van der Waals surface area contributed by atoms with Crippen molar-refractivity contribution in [2.24, 2.45) is 5.92 Å². The summed E-state index contributed by atoms with van der Waals surface area (Å²) in [5, 5.41) is 17.8. The predicted molar refractivity (Wildman–Crippen MR) is 63.6 cm³/mol. The molecule has 1 heterocycles. The van der Waals surface area contributed by atoms with E-state index >= 15 is 0 Å². The summed E-state index contributed by atoms with van der Waals surface area (Å²) >= 11 is 5.97. The molecule has 1 aliphatic carbocycles. The number of aromatic nitrogens is 2. The molecule has 0 aromatic carbocycles. The maximum Gasteiger partial charge on any atom is 0.0814 e. The van der Waals surface area contributed by atoms with E-state index in [0.29, 0.717) is 17.5 Å². The fraction of sp³-hybridized carbons (Fsp3) is 0.727. The van der Waals surface area contributed by atoms with Crippen LogP contribution in [-0.4, -0.2) is 34.1 Å². The molecule has 0 saturated heterocycles. The van der Waals surface area contributed by atoms with Crippen LogP contribution in [0.5, 0.6) is 0 Å². The molecule has 0 bridgehead atoms. The number of nitrogens with zero attached hydrogens (tertiary/aromatic N) is 2. The van der Waals surface area contributed by atoms with Gasteiger partial charge in [-0.3, -0.25) is 4.68 Å². The molecular weight excluding hydrogens is 226 g/mol. The molecule has 4 nitrogen and oxygen atoms in total. The van der Waals surface area contributed by atoms with Crippen LogP contribution >= 0.6 is 11.6 Å². The van der Waals surface area contributed by atoms with Crippen molar-refractivity contribution >= 4 is 11.6 Å². The molecule has 1 aromatic rings. The number of hydrogen-bond donors (Lipinski definition) is 2. The second-order valence-electron chi connectivity index (χ2n) is 4.57. The second-order valence-corrected chi connectivity index (χ2v) is 4.98. The van der Waals surface area contributed by atoms with Crippen molar-refractivity contribution in [1.29, 1.82) is 0 Å². The van der Waals surface area contributed by atoms with E-state index in [1.807, 2.05) is 18.7 Å². The van der Waals surface area contributed by atoms with E-state index in [2.05, 4.69) is 10.4 Å². The van der Waals surface area contributed by atoms with Crippen molar-refractivity contribution in [3.8, 4) is 0 Å². The molecule has 1 unspecified atom stereocenters. The van der Waals surface area contributed by atoms with E-state index in [4.69, 9.17) is 11.6 Å². The molecule has 2 N–H and O–H groups in total. The molecule has 1 saturated carbocycles. The molecule has 16 heavy (non-hydrogen) atoms. The standard InChI is InChI=1S/C11H18ClN3O/c1-8-10(12)5-14-15(8)6-11(7-16,13-2)9-3-4-9/h5,9,13,16H,3-4,6-7H2,1-2H3. The van der Waals surface area contributed by atoms with Crippen LogP contribution in [0.1, 0.15) is 18.5 Å². The SMILES string of the molecule is CNC(CO)(Cn1ncc(Cl)c1C)C1CC1. The van der Waals surface area contributed by atoms with E-state index in [1.165, 1.54) is 12.8 Å². The van der Waals surface area contributed by atoms with Crippen molar-refractivity contribution in [2.75, 3.05) is 13.7 Å². The highest BCUT2D eigenvalue weighted by Gasteiger charge is 2.44. The van der Waals surface area contributed by atoms with Crippen molar-refractivity contribution in [1.82, 2.24) is 15.1 Å². The monoisotopic (exact) mass is 243 g/mol. The minimum atomic E-state index is -0.250. The maximum absolute atomic E-state index is 9.61. The first kappa shape index (κ1) is 11.9. The molecule has 1 aliphatic rings. The third kappa shape index (κ3) is 1.97. The van der Waals surface area contributed by atoms with Gasteiger partial charge < -0.3 is 10.4 Å². The Kier molecular flexibility index (Phi) is 3.24. The number of aliphatic hydroxyl groups excluding tert-OH is 1. The Morgan fingerprint density at radius 1 is 1.69 bits per heavy atom. The third-order valence-corrected chi connectivity index (χ3v) is 3.99. The first-order chi connectivity index (χ1) is 7.63. The quantitative estimate of drug-likeness (QED) is 0.817. The normalized spacial score (nSPS) is 19.8. The fourth-order valence-electron chi connectivity index (χ4n) is 2.16. The number of rotatable bonds is 5. The first-order valence-electron chi connectivity index (χ1n) is 5.60. The average Bonchev–Trinajstić information content (AvgIpc) is 3.09. The minimum Gasteiger partial charge on any atom is -0.394 e. The summed E-state index contributed by atoms with van der Waals surface area (Å²) in [7, 11) is 1.90. The van der Waals surface area contributed by atoms with Gasteiger partial charge >= 0.3 is 0 Å². The van der Waals surface area contributed by atoms with Crippen LogP contribution in [0, 0.1) is 12.8 Å². The van der Waals surface area contributed by atoms with E-state index < -0.39 is 0 Å². The largest absolute Gasteiger partial charge is 0.394 e. The fourth-order valence-corrected chi connectivity index (χ4v) is 2.30. The number of aliphatic hydroxyl groups is 1. The van der Waals surface area contributed by atoms with E-state index in [9.17, 15) is 5.11 Å². The van der Waals surface area contributed by atoms with Gasteiger partial charge in [-0.25, -0.2) is 0 Å². The predicted octanol–water partition coefficient (Wildman–Crippen LogP) is 1.21. The Balaban J connectivity index is 2.20. The zero-order valence-electron chi connectivity index (χ0n) is 9.70. The topological polar surface area (TPSA) is 50.1 Å². The zero-order valence-corrected chi connectivity index (χ0v) is 10.5. The highest BCUT2D eigenvalue weighted by molar-refractivity contribution is 6.31. The molecule has 1 fully saturated rings. The third-order valence-electron chi connectivity index (χ3n) is 3.61. The van der Waals surface area contributed by atoms with Crippen LogP contribution in [0.4, 0.5) is 0 Å². The summed E-state index contributed by atoms with van der Waals surface area (Å²) in [6.07, 6.45) is 4.01. The van der Waals surface area contributed by atoms with Gasteiger partial charge in [-0.2, -0.15) is 5.10 Å². The molecule has 0 radical (unpaired) electrons. The molecule has 1 aromatic heterocycles. The van der Waals surface area contributed by atoms with Crippen LogP contribution in [0.25, 0.3) is 0 Å². The van der Waals surface area contributed by atoms with Gasteiger partial charge in [0.2, 0.25) is 0 Å². The van der Waals surface area contributed by atoms with Crippen molar-refractivity contribution in [2.45, 2.75) is 31.8 Å². The lowest BCUT2D eigenvalue weighted by molar-refractivity contribution is 0.125. The Hall–Kier alpha value is -0.580. The lowest BCUT2D eigenvalue weighted by atomic mass is 9.94. The van der Waals surface area contributed by atoms with Gasteiger partial charge in [0.05, 0.1) is 35.6 Å². The lowest BCUT2D eigenvalue weighted by Gasteiger charge is -2.32. The Labute approximate surface area is 101 Å². The number of halogens is 1.